The molecule has 9 nitrogen and oxygen atoms in total. The SMILES string of the molecule is Cc1ccc(F)cc1OC1CCN(c2noc(-c3ccn(CC(=O)O)n3)n2)CC1. The predicted octanol–water partition coefficient (Wildman–Crippen LogP) is 2.51. The van der Waals surface area contributed by atoms with Crippen molar-refractivity contribution in [2.24, 2.45) is 0 Å². The number of carboxylic acids is 1. The van der Waals surface area contributed by atoms with Gasteiger partial charge in [0.05, 0.1) is 0 Å². The van der Waals surface area contributed by atoms with E-state index in [1.807, 2.05) is 11.8 Å². The maximum Gasteiger partial charge on any atom is 0.325 e. The van der Waals surface area contributed by atoms with Gasteiger partial charge in [0.1, 0.15) is 24.2 Å². The van der Waals surface area contributed by atoms with Crippen LogP contribution < -0.4 is 9.64 Å². The number of aromatic nitrogens is 4. The third-order valence-electron chi connectivity index (χ3n) is 4.74. The summed E-state index contributed by atoms with van der Waals surface area (Å²) in [6, 6.07) is 6.17. The number of aryl methyl sites for hydroxylation is 1. The second-order valence-electron chi connectivity index (χ2n) is 6.91. The highest BCUT2D eigenvalue weighted by atomic mass is 19.1. The Kier molecular flexibility index (Phi) is 5.15. The molecule has 1 fully saturated rings. The second-order valence-corrected chi connectivity index (χ2v) is 6.91. The molecule has 0 atom stereocenters. The van der Waals surface area contributed by atoms with Crippen LogP contribution in [0, 0.1) is 12.7 Å². The quantitative estimate of drug-likeness (QED) is 0.672. The largest absolute Gasteiger partial charge is 0.490 e. The van der Waals surface area contributed by atoms with Gasteiger partial charge in [0.15, 0.2) is 5.69 Å². The molecule has 0 bridgehead atoms. The lowest BCUT2D eigenvalue weighted by Crippen LogP contribution is -2.38. The van der Waals surface area contributed by atoms with Gasteiger partial charge in [0.25, 0.3) is 11.8 Å². The Labute approximate surface area is 165 Å². The van der Waals surface area contributed by atoms with E-state index in [-0.39, 0.29) is 24.4 Å². The summed E-state index contributed by atoms with van der Waals surface area (Å²) in [7, 11) is 0. The number of nitrogens with zero attached hydrogens (tertiary/aromatic N) is 5. The van der Waals surface area contributed by atoms with Crippen molar-refractivity contribution in [3.05, 3.63) is 41.8 Å². The van der Waals surface area contributed by atoms with Gasteiger partial charge in [-0.2, -0.15) is 10.1 Å². The number of hydrogen-bond donors (Lipinski definition) is 1. The van der Waals surface area contributed by atoms with E-state index in [0.29, 0.717) is 30.5 Å². The van der Waals surface area contributed by atoms with E-state index in [4.69, 9.17) is 14.4 Å². The molecule has 1 aromatic carbocycles. The maximum atomic E-state index is 13.4. The first-order chi connectivity index (χ1) is 14.0. The molecular formula is C19H20FN5O4. The summed E-state index contributed by atoms with van der Waals surface area (Å²) >= 11 is 0. The lowest BCUT2D eigenvalue weighted by Gasteiger charge is -2.31. The van der Waals surface area contributed by atoms with Crippen LogP contribution in [0.4, 0.5) is 10.3 Å². The van der Waals surface area contributed by atoms with E-state index in [1.54, 1.807) is 18.3 Å². The molecule has 3 heterocycles. The zero-order valence-corrected chi connectivity index (χ0v) is 15.8. The molecule has 0 aliphatic carbocycles. The Morgan fingerprint density at radius 1 is 1.34 bits per heavy atom. The Morgan fingerprint density at radius 3 is 2.90 bits per heavy atom. The van der Waals surface area contributed by atoms with Crippen molar-refractivity contribution >= 4 is 11.9 Å². The molecule has 0 spiro atoms. The molecule has 152 valence electrons. The minimum Gasteiger partial charge on any atom is -0.490 e. The van der Waals surface area contributed by atoms with E-state index in [9.17, 15) is 9.18 Å². The molecule has 1 saturated heterocycles. The number of rotatable bonds is 6. The molecule has 2 aromatic heterocycles. The summed E-state index contributed by atoms with van der Waals surface area (Å²) in [5.41, 5.74) is 1.32. The zero-order chi connectivity index (χ0) is 20.4. The van der Waals surface area contributed by atoms with Crippen molar-refractivity contribution in [2.45, 2.75) is 32.4 Å². The van der Waals surface area contributed by atoms with Crippen LogP contribution >= 0.6 is 0 Å². The van der Waals surface area contributed by atoms with Gasteiger partial charge in [-0.25, -0.2) is 4.39 Å². The van der Waals surface area contributed by atoms with E-state index in [0.717, 1.165) is 18.4 Å². The van der Waals surface area contributed by atoms with Crippen LogP contribution in [0.25, 0.3) is 11.6 Å². The summed E-state index contributed by atoms with van der Waals surface area (Å²) in [5, 5.41) is 16.9. The van der Waals surface area contributed by atoms with E-state index < -0.39 is 5.97 Å². The first kappa shape index (κ1) is 18.9. The number of ether oxygens (including phenoxy) is 1. The fourth-order valence-electron chi connectivity index (χ4n) is 3.20. The van der Waals surface area contributed by atoms with Crippen LogP contribution in [0.1, 0.15) is 18.4 Å². The van der Waals surface area contributed by atoms with Crippen LogP contribution in [-0.2, 0) is 11.3 Å². The van der Waals surface area contributed by atoms with Crippen molar-refractivity contribution in [3.63, 3.8) is 0 Å². The molecule has 0 amide bonds. The number of anilines is 1. The summed E-state index contributed by atoms with van der Waals surface area (Å²) < 4.78 is 26.0. The van der Waals surface area contributed by atoms with Gasteiger partial charge in [-0.15, -0.1) is 0 Å². The number of carbonyl (C=O) groups is 1. The summed E-state index contributed by atoms with van der Waals surface area (Å²) in [6.07, 6.45) is 3.02. The molecule has 3 aromatic rings. The average Bonchev–Trinajstić information content (AvgIpc) is 3.34. The van der Waals surface area contributed by atoms with Crippen molar-refractivity contribution in [2.75, 3.05) is 18.0 Å². The van der Waals surface area contributed by atoms with Crippen LogP contribution in [0.5, 0.6) is 5.75 Å². The molecule has 0 saturated carbocycles. The minimum atomic E-state index is -0.982. The van der Waals surface area contributed by atoms with E-state index in [1.165, 1.54) is 16.8 Å². The number of halogens is 1. The molecule has 10 heteroatoms. The number of aliphatic carboxylic acids is 1. The zero-order valence-electron chi connectivity index (χ0n) is 15.8. The van der Waals surface area contributed by atoms with Gasteiger partial charge in [0.2, 0.25) is 0 Å². The summed E-state index contributed by atoms with van der Waals surface area (Å²) in [5.74, 6) is -0.0362. The Hall–Kier alpha value is -3.43. The molecule has 4 rings (SSSR count). The lowest BCUT2D eigenvalue weighted by atomic mass is 10.1. The van der Waals surface area contributed by atoms with Gasteiger partial charge in [-0.05, 0) is 29.8 Å². The number of carboxylic acid groups (broad SMARTS) is 1. The maximum absolute atomic E-state index is 13.4. The molecule has 0 radical (unpaired) electrons. The van der Waals surface area contributed by atoms with Gasteiger partial charge < -0.3 is 19.3 Å². The van der Waals surface area contributed by atoms with Gasteiger partial charge in [-0.3, -0.25) is 9.48 Å². The number of hydrogen-bond acceptors (Lipinski definition) is 7. The Balaban J connectivity index is 1.36. The number of piperidine rings is 1. The first-order valence-electron chi connectivity index (χ1n) is 9.25. The predicted molar refractivity (Wildman–Crippen MR) is 100 cm³/mol. The summed E-state index contributed by atoms with van der Waals surface area (Å²) in [6.45, 7) is 3.00. The molecule has 1 N–H and O–H groups in total. The third-order valence-corrected chi connectivity index (χ3v) is 4.74. The molecular weight excluding hydrogens is 381 g/mol. The fourth-order valence-corrected chi connectivity index (χ4v) is 3.20. The van der Waals surface area contributed by atoms with Crippen LogP contribution in [-0.4, -0.2) is 50.2 Å². The Morgan fingerprint density at radius 2 is 2.14 bits per heavy atom. The van der Waals surface area contributed by atoms with Crippen molar-refractivity contribution in [1.82, 2.24) is 19.9 Å². The Bertz CT molecular complexity index is 1010. The molecule has 1 aliphatic rings. The van der Waals surface area contributed by atoms with Crippen molar-refractivity contribution < 1.29 is 23.6 Å². The van der Waals surface area contributed by atoms with Crippen molar-refractivity contribution in [3.8, 4) is 17.3 Å². The monoisotopic (exact) mass is 401 g/mol. The van der Waals surface area contributed by atoms with Gasteiger partial charge in [0, 0.05) is 38.2 Å². The van der Waals surface area contributed by atoms with E-state index in [2.05, 4.69) is 15.2 Å². The normalized spacial score (nSPS) is 14.9. The standard InChI is InChI=1S/C19H20FN5O4/c1-12-2-3-13(20)10-16(12)28-14-4-7-24(8-5-14)19-21-18(29-23-19)15-6-9-25(22-15)11-17(26)27/h2-3,6,9-10,14H,4-5,7-8,11H2,1H3,(H,26,27). The topological polar surface area (TPSA) is 107 Å². The average molecular weight is 401 g/mol. The minimum absolute atomic E-state index is 0.00941. The highest BCUT2D eigenvalue weighted by molar-refractivity contribution is 5.66. The highest BCUT2D eigenvalue weighted by Gasteiger charge is 2.25. The number of benzene rings is 1. The second kappa shape index (κ2) is 7.90. The fraction of sp³-hybridized carbons (Fsp3) is 0.368. The van der Waals surface area contributed by atoms with Crippen LogP contribution in [0.2, 0.25) is 0 Å². The van der Waals surface area contributed by atoms with Crippen LogP contribution in [0.3, 0.4) is 0 Å². The van der Waals surface area contributed by atoms with E-state index >= 15 is 0 Å². The first-order valence-corrected chi connectivity index (χ1v) is 9.25. The van der Waals surface area contributed by atoms with Crippen molar-refractivity contribution in [1.29, 1.82) is 0 Å². The van der Waals surface area contributed by atoms with Crippen LogP contribution in [0.15, 0.2) is 35.0 Å². The van der Waals surface area contributed by atoms with Gasteiger partial charge in [-0.1, -0.05) is 6.07 Å². The van der Waals surface area contributed by atoms with Gasteiger partial charge >= 0.3 is 5.97 Å². The molecule has 0 unspecified atom stereocenters. The molecule has 29 heavy (non-hydrogen) atoms. The smallest absolute Gasteiger partial charge is 0.325 e. The highest BCUT2D eigenvalue weighted by Crippen LogP contribution is 2.26. The third kappa shape index (κ3) is 4.36. The molecule has 1 aliphatic heterocycles. The lowest BCUT2D eigenvalue weighted by molar-refractivity contribution is -0.137. The summed E-state index contributed by atoms with van der Waals surface area (Å²) in [4.78, 5) is 17.1.